The number of rotatable bonds is 10. The second-order valence-electron chi connectivity index (χ2n) is 9.79. The number of hydrogen-bond acceptors (Lipinski definition) is 12. The fourth-order valence-corrected chi connectivity index (χ4v) is 4.64. The number of amides is 1. The van der Waals surface area contributed by atoms with E-state index in [9.17, 15) is 19.2 Å². The van der Waals surface area contributed by atoms with Crippen molar-refractivity contribution in [1.29, 1.82) is 0 Å². The Hall–Kier alpha value is -5.37. The molecule has 2 aromatic heterocycles. The number of ether oxygens (including phenoxy) is 5. The maximum atomic E-state index is 13.0. The molecule has 4 atom stereocenters. The smallest absolute Gasteiger partial charge is 0.303 e. The average molecular weight is 606 g/mol. The molecule has 44 heavy (non-hydrogen) atoms. The molecule has 14 heteroatoms. The SMILES string of the molecule is CC(=O)OC[C@H]1O[C@@H](n2cnc3c(OCc4ccccc4)[15n]c([15NH]C(=O)c4ccccc4)nc32)[C@H](OC(C)=O)[C@@H]1OC(C)=O. The number of hydrogen-bond donors (Lipinski definition) is 1. The first-order valence-electron chi connectivity index (χ1n) is 13.6. The number of benzene rings is 2. The summed E-state index contributed by atoms with van der Waals surface area (Å²) < 4.78 is 29.8. The Morgan fingerprint density at radius 3 is 2.18 bits per heavy atom. The molecule has 0 aliphatic carbocycles. The van der Waals surface area contributed by atoms with Crippen LogP contribution in [0.2, 0.25) is 0 Å². The van der Waals surface area contributed by atoms with E-state index in [2.05, 4.69) is 20.3 Å². The van der Waals surface area contributed by atoms with E-state index >= 15 is 0 Å². The molecule has 14 nitrogen and oxygen atoms in total. The molecule has 1 saturated heterocycles. The van der Waals surface area contributed by atoms with Crippen molar-refractivity contribution in [2.45, 2.75) is 51.9 Å². The van der Waals surface area contributed by atoms with E-state index in [1.807, 2.05) is 30.3 Å². The normalized spacial score (nSPS) is 19.2. The number of imidazole rings is 1. The van der Waals surface area contributed by atoms with E-state index in [1.165, 1.54) is 31.7 Å². The fraction of sp³-hybridized carbons (Fsp3) is 0.300. The molecule has 1 fully saturated rings. The minimum absolute atomic E-state index is 0.0657. The standard InChI is InChI=1S/C30H29N5O9/c1-17(36)40-15-22-24(42-18(2)37)25(43-19(3)38)29(44-22)35-16-31-23-26(35)32-30(33-27(39)21-12-8-5-9-13-21)34-28(23)41-14-20-10-6-4-7-11-20/h4-13,16,22,24-25,29H,14-15H2,1-3H3,(H,32,33,34,39)/t22-,24-,25-,29-/m1/s1/i33+1,34+1. The first-order chi connectivity index (χ1) is 21.2. The Labute approximate surface area is 251 Å². The van der Waals surface area contributed by atoms with Crippen LogP contribution in [0.3, 0.4) is 0 Å². The monoisotopic (exact) mass is 605 g/mol. The third kappa shape index (κ3) is 6.98. The summed E-state index contributed by atoms with van der Waals surface area (Å²) in [6, 6.07) is 17.9. The predicted molar refractivity (Wildman–Crippen MR) is 152 cm³/mol. The lowest BCUT2D eigenvalue weighted by Gasteiger charge is -2.23. The molecule has 2 aromatic carbocycles. The second kappa shape index (κ2) is 13.3. The van der Waals surface area contributed by atoms with Gasteiger partial charge in [0.2, 0.25) is 11.8 Å². The lowest BCUT2D eigenvalue weighted by atomic mass is 10.1. The van der Waals surface area contributed by atoms with Crippen molar-refractivity contribution in [2.75, 3.05) is 11.9 Å². The van der Waals surface area contributed by atoms with Gasteiger partial charge < -0.3 is 23.7 Å². The summed E-state index contributed by atoms with van der Waals surface area (Å²) in [4.78, 5) is 62.1. The molecule has 5 rings (SSSR count). The predicted octanol–water partition coefficient (Wildman–Crippen LogP) is 2.98. The van der Waals surface area contributed by atoms with E-state index in [0.29, 0.717) is 5.56 Å². The van der Waals surface area contributed by atoms with Gasteiger partial charge in [0.05, 0.1) is 6.33 Å². The zero-order valence-electron chi connectivity index (χ0n) is 24.0. The van der Waals surface area contributed by atoms with Crippen LogP contribution < -0.4 is 10.1 Å². The summed E-state index contributed by atoms with van der Waals surface area (Å²) in [7, 11) is 0. The van der Waals surface area contributed by atoms with Crippen molar-refractivity contribution in [1.82, 2.24) is 19.5 Å². The highest BCUT2D eigenvalue weighted by Crippen LogP contribution is 2.37. The Morgan fingerprint density at radius 2 is 1.52 bits per heavy atom. The number of nitrogens with one attached hydrogen (secondary N) is 1. The van der Waals surface area contributed by atoms with Crippen LogP contribution in [0.25, 0.3) is 11.2 Å². The molecule has 0 radical (unpaired) electrons. The largest absolute Gasteiger partial charge is 0.471 e. The van der Waals surface area contributed by atoms with E-state index in [1.54, 1.807) is 30.3 Å². The summed E-state index contributed by atoms with van der Waals surface area (Å²) in [5, 5.41) is 2.68. The fourth-order valence-electron chi connectivity index (χ4n) is 4.64. The lowest BCUT2D eigenvalue weighted by molar-refractivity contribution is -0.166. The van der Waals surface area contributed by atoms with Gasteiger partial charge in [-0.2, -0.15) is 9.97 Å². The van der Waals surface area contributed by atoms with Gasteiger partial charge in [0.1, 0.15) is 19.3 Å². The van der Waals surface area contributed by atoms with Gasteiger partial charge >= 0.3 is 17.9 Å². The third-order valence-electron chi connectivity index (χ3n) is 6.48. The van der Waals surface area contributed by atoms with Gasteiger partial charge in [-0.05, 0) is 17.7 Å². The van der Waals surface area contributed by atoms with Crippen molar-refractivity contribution in [3.63, 3.8) is 0 Å². The second-order valence-corrected chi connectivity index (χ2v) is 9.79. The summed E-state index contributed by atoms with van der Waals surface area (Å²) in [6.07, 6.45) is -3.07. The van der Waals surface area contributed by atoms with Crippen LogP contribution >= 0.6 is 0 Å². The zero-order chi connectivity index (χ0) is 31.2. The molecule has 228 valence electrons. The average Bonchev–Trinajstić information content (AvgIpc) is 3.56. The molecule has 0 spiro atoms. The van der Waals surface area contributed by atoms with Crippen LogP contribution in [0, 0.1) is 0 Å². The summed E-state index contributed by atoms with van der Waals surface area (Å²) >= 11 is 0. The van der Waals surface area contributed by atoms with E-state index in [-0.39, 0.29) is 36.2 Å². The highest BCUT2D eigenvalue weighted by molar-refractivity contribution is 6.03. The van der Waals surface area contributed by atoms with Gasteiger partial charge in [0, 0.05) is 26.3 Å². The van der Waals surface area contributed by atoms with Crippen molar-refractivity contribution in [2.24, 2.45) is 0 Å². The highest BCUT2D eigenvalue weighted by atomic mass is 16.7. The van der Waals surface area contributed by atoms with Crippen LogP contribution in [0.1, 0.15) is 42.9 Å². The number of aromatic nitrogens is 4. The summed E-state index contributed by atoms with van der Waals surface area (Å²) in [5.74, 6) is -2.40. The summed E-state index contributed by atoms with van der Waals surface area (Å²) in [6.45, 7) is 3.47. The number of anilines is 1. The molecule has 0 unspecified atom stereocenters. The Bertz CT molecular complexity index is 1660. The van der Waals surface area contributed by atoms with Crippen LogP contribution in [0.5, 0.6) is 5.88 Å². The molecule has 1 aliphatic rings. The van der Waals surface area contributed by atoms with Crippen molar-refractivity contribution < 1.29 is 42.9 Å². The Kier molecular flexibility index (Phi) is 9.09. The van der Waals surface area contributed by atoms with Crippen LogP contribution in [0.15, 0.2) is 67.0 Å². The van der Waals surface area contributed by atoms with E-state index in [0.717, 1.165) is 5.56 Å². The molecule has 0 bridgehead atoms. The number of carbonyl (C=O) groups excluding carboxylic acids is 4. The maximum absolute atomic E-state index is 13.0. The van der Waals surface area contributed by atoms with Crippen LogP contribution in [0.4, 0.5) is 5.95 Å². The number of carbonyl (C=O) groups is 4. The quantitative estimate of drug-likeness (QED) is 0.159. The number of fused-ring (bicyclic) bond motifs is 1. The van der Waals surface area contributed by atoms with E-state index in [4.69, 9.17) is 23.7 Å². The minimum atomic E-state index is -1.18. The third-order valence-corrected chi connectivity index (χ3v) is 6.48. The molecule has 4 aromatic rings. The Balaban J connectivity index is 1.56. The van der Waals surface area contributed by atoms with Gasteiger partial charge in [-0.25, -0.2) is 4.98 Å². The van der Waals surface area contributed by atoms with Crippen molar-refractivity contribution in [3.05, 3.63) is 78.1 Å². The molecule has 1 aliphatic heterocycles. The highest BCUT2D eigenvalue weighted by Gasteiger charge is 2.51. The Morgan fingerprint density at radius 1 is 0.864 bits per heavy atom. The van der Waals surface area contributed by atoms with Gasteiger partial charge in [-0.3, -0.25) is 29.1 Å². The molecular weight excluding hydrogens is 576 g/mol. The topological polar surface area (TPSA) is 170 Å². The van der Waals surface area contributed by atoms with Crippen LogP contribution in [-0.2, 0) is 39.9 Å². The molecule has 1 amide bonds. The first-order valence-corrected chi connectivity index (χ1v) is 13.6. The molecule has 0 saturated carbocycles. The maximum Gasteiger partial charge on any atom is 0.303 e. The van der Waals surface area contributed by atoms with Gasteiger partial charge in [-0.15, -0.1) is 0 Å². The molecule has 1 N–H and O–H groups in total. The number of esters is 3. The minimum Gasteiger partial charge on any atom is -0.471 e. The number of nitrogens with zero attached hydrogens (tertiary/aromatic N) is 4. The summed E-state index contributed by atoms with van der Waals surface area (Å²) in [5.41, 5.74) is 1.61. The first kappa shape index (κ1) is 30.1. The van der Waals surface area contributed by atoms with Gasteiger partial charge in [-0.1, -0.05) is 48.5 Å². The van der Waals surface area contributed by atoms with Gasteiger partial charge in [0.15, 0.2) is 29.6 Å². The zero-order valence-corrected chi connectivity index (χ0v) is 24.0. The van der Waals surface area contributed by atoms with Gasteiger partial charge in [0.25, 0.3) is 5.91 Å². The van der Waals surface area contributed by atoms with Crippen molar-refractivity contribution >= 4 is 40.9 Å². The lowest BCUT2D eigenvalue weighted by Crippen LogP contribution is -2.40. The molecule has 3 heterocycles. The van der Waals surface area contributed by atoms with Crippen LogP contribution in [-0.4, -0.2) is 68.3 Å². The van der Waals surface area contributed by atoms with Crippen molar-refractivity contribution in [3.8, 4) is 5.88 Å². The molecular formula is C30H29N5O9. The van der Waals surface area contributed by atoms with E-state index < -0.39 is 48.4 Å².